The van der Waals surface area contributed by atoms with Crippen molar-refractivity contribution in [1.29, 1.82) is 0 Å². The first-order chi connectivity index (χ1) is 11.3. The van der Waals surface area contributed by atoms with Crippen molar-refractivity contribution in [2.45, 2.75) is 26.1 Å². The van der Waals surface area contributed by atoms with Gasteiger partial charge in [0.05, 0.1) is 13.1 Å². The molecule has 0 saturated heterocycles. The first kappa shape index (κ1) is 20.2. The zero-order valence-electron chi connectivity index (χ0n) is 14.0. The highest BCUT2D eigenvalue weighted by atomic mass is 19.4. The van der Waals surface area contributed by atoms with Crippen LogP contribution >= 0.6 is 0 Å². The zero-order valence-corrected chi connectivity index (χ0v) is 14.0. The van der Waals surface area contributed by atoms with Gasteiger partial charge in [-0.15, -0.1) is 0 Å². The maximum atomic E-state index is 13.1. The molecule has 0 radical (unpaired) electrons. The van der Waals surface area contributed by atoms with Crippen LogP contribution in [0.15, 0.2) is 29.3 Å². The molecule has 0 atom stereocenters. The van der Waals surface area contributed by atoms with Crippen molar-refractivity contribution < 1.29 is 17.6 Å². The van der Waals surface area contributed by atoms with E-state index < -0.39 is 12.7 Å². The Labute approximate surface area is 139 Å². The third-order valence-corrected chi connectivity index (χ3v) is 3.11. The van der Waals surface area contributed by atoms with E-state index in [2.05, 4.69) is 15.6 Å². The maximum Gasteiger partial charge on any atom is 0.401 e. The Balaban J connectivity index is 2.39. The summed E-state index contributed by atoms with van der Waals surface area (Å²) in [5, 5.41) is 6.11. The van der Waals surface area contributed by atoms with Crippen LogP contribution in [0.25, 0.3) is 0 Å². The Kier molecular flexibility index (Phi) is 8.53. The summed E-state index contributed by atoms with van der Waals surface area (Å²) in [6, 6.07) is 6.19. The zero-order chi connectivity index (χ0) is 18.0. The molecule has 1 aromatic rings. The summed E-state index contributed by atoms with van der Waals surface area (Å²) in [5.74, 6) is 0.244. The molecule has 0 aliphatic heterocycles. The van der Waals surface area contributed by atoms with Gasteiger partial charge in [-0.2, -0.15) is 13.2 Å². The van der Waals surface area contributed by atoms with Crippen molar-refractivity contribution in [1.82, 2.24) is 15.5 Å². The Bertz CT molecular complexity index is 517. The molecular formula is C16H24F4N4. The van der Waals surface area contributed by atoms with Crippen molar-refractivity contribution in [3.8, 4) is 0 Å². The molecule has 136 valence electrons. The van der Waals surface area contributed by atoms with Crippen LogP contribution in [0.2, 0.25) is 0 Å². The molecule has 2 N–H and O–H groups in total. The number of nitrogens with zero attached hydrogens (tertiary/aromatic N) is 2. The molecule has 0 aliphatic carbocycles. The first-order valence-electron chi connectivity index (χ1n) is 7.82. The summed E-state index contributed by atoms with van der Waals surface area (Å²) in [6.45, 7) is 2.80. The van der Waals surface area contributed by atoms with Crippen LogP contribution < -0.4 is 10.6 Å². The summed E-state index contributed by atoms with van der Waals surface area (Å²) >= 11 is 0. The number of aliphatic imine (C=N–C) groups is 1. The third kappa shape index (κ3) is 9.34. The van der Waals surface area contributed by atoms with Crippen LogP contribution in [-0.4, -0.2) is 50.3 Å². The molecule has 1 rings (SSSR count). The van der Waals surface area contributed by atoms with Crippen LogP contribution in [0.3, 0.4) is 0 Å². The van der Waals surface area contributed by atoms with E-state index in [0.29, 0.717) is 38.6 Å². The van der Waals surface area contributed by atoms with E-state index in [9.17, 15) is 17.6 Å². The number of alkyl halides is 3. The highest BCUT2D eigenvalue weighted by Gasteiger charge is 2.28. The second-order valence-electron chi connectivity index (χ2n) is 5.46. The van der Waals surface area contributed by atoms with Crippen molar-refractivity contribution in [3.05, 3.63) is 35.6 Å². The van der Waals surface area contributed by atoms with Gasteiger partial charge in [0.2, 0.25) is 0 Å². The number of guanidine groups is 1. The number of hydrogen-bond donors (Lipinski definition) is 2. The normalized spacial score (nSPS) is 12.5. The molecule has 0 saturated carbocycles. The largest absolute Gasteiger partial charge is 0.401 e. The third-order valence-electron chi connectivity index (χ3n) is 3.11. The summed E-state index contributed by atoms with van der Waals surface area (Å²) < 4.78 is 49.8. The molecule has 0 heterocycles. The van der Waals surface area contributed by atoms with Crippen molar-refractivity contribution in [2.75, 3.05) is 33.2 Å². The van der Waals surface area contributed by atoms with Gasteiger partial charge in [0, 0.05) is 13.1 Å². The predicted molar refractivity (Wildman–Crippen MR) is 87.4 cm³/mol. The van der Waals surface area contributed by atoms with E-state index in [4.69, 9.17) is 0 Å². The number of halogens is 4. The number of rotatable bonds is 8. The molecule has 0 aromatic heterocycles. The average Bonchev–Trinajstić information content (AvgIpc) is 2.47. The standard InChI is InChI=1S/C16H24F4N4/c1-3-21-15(23-11-13-6-4-7-14(17)10-13)22-8-5-9-24(2)12-16(18,19)20/h4,6-7,10H,3,5,8-9,11-12H2,1-2H3,(H2,21,22,23). The highest BCUT2D eigenvalue weighted by Crippen LogP contribution is 2.15. The van der Waals surface area contributed by atoms with E-state index in [1.807, 2.05) is 6.92 Å². The van der Waals surface area contributed by atoms with E-state index in [0.717, 1.165) is 5.56 Å². The molecule has 1 aromatic carbocycles. The Morgan fingerprint density at radius 1 is 1.25 bits per heavy atom. The van der Waals surface area contributed by atoms with Gasteiger partial charge in [0.15, 0.2) is 5.96 Å². The van der Waals surface area contributed by atoms with Gasteiger partial charge in [0.25, 0.3) is 0 Å². The van der Waals surface area contributed by atoms with Crippen LogP contribution in [-0.2, 0) is 6.54 Å². The van der Waals surface area contributed by atoms with E-state index in [-0.39, 0.29) is 5.82 Å². The summed E-state index contributed by atoms with van der Waals surface area (Å²) in [5.41, 5.74) is 0.747. The molecular weight excluding hydrogens is 324 g/mol. The number of benzene rings is 1. The highest BCUT2D eigenvalue weighted by molar-refractivity contribution is 5.79. The summed E-state index contributed by atoms with van der Waals surface area (Å²) in [7, 11) is 1.44. The Hall–Kier alpha value is -1.83. The van der Waals surface area contributed by atoms with Crippen molar-refractivity contribution >= 4 is 5.96 Å². The van der Waals surface area contributed by atoms with Crippen LogP contribution in [0.5, 0.6) is 0 Å². The van der Waals surface area contributed by atoms with Gasteiger partial charge in [-0.25, -0.2) is 9.38 Å². The number of hydrogen-bond acceptors (Lipinski definition) is 2. The van der Waals surface area contributed by atoms with Gasteiger partial charge in [0.1, 0.15) is 5.82 Å². The molecule has 0 aliphatic rings. The van der Waals surface area contributed by atoms with Crippen LogP contribution in [0.4, 0.5) is 17.6 Å². The minimum atomic E-state index is -4.18. The summed E-state index contributed by atoms with van der Waals surface area (Å²) in [6.07, 6.45) is -3.62. The molecule has 0 unspecified atom stereocenters. The molecule has 24 heavy (non-hydrogen) atoms. The fourth-order valence-electron chi connectivity index (χ4n) is 2.09. The van der Waals surface area contributed by atoms with Crippen LogP contribution in [0.1, 0.15) is 18.9 Å². The lowest BCUT2D eigenvalue weighted by Gasteiger charge is -2.18. The van der Waals surface area contributed by atoms with E-state index >= 15 is 0 Å². The monoisotopic (exact) mass is 348 g/mol. The average molecular weight is 348 g/mol. The molecule has 0 amide bonds. The lowest BCUT2D eigenvalue weighted by atomic mass is 10.2. The maximum absolute atomic E-state index is 13.1. The Morgan fingerprint density at radius 3 is 2.62 bits per heavy atom. The SMILES string of the molecule is CCNC(=NCc1cccc(F)c1)NCCCN(C)CC(F)(F)F. The topological polar surface area (TPSA) is 39.7 Å². The number of nitrogens with one attached hydrogen (secondary N) is 2. The van der Waals surface area contributed by atoms with Gasteiger partial charge in [-0.05, 0) is 44.6 Å². The first-order valence-corrected chi connectivity index (χ1v) is 7.82. The Morgan fingerprint density at radius 2 is 2.00 bits per heavy atom. The fourth-order valence-corrected chi connectivity index (χ4v) is 2.09. The quantitative estimate of drug-likeness (QED) is 0.328. The van der Waals surface area contributed by atoms with Gasteiger partial charge < -0.3 is 10.6 Å². The van der Waals surface area contributed by atoms with Crippen molar-refractivity contribution in [2.24, 2.45) is 4.99 Å². The second kappa shape index (κ2) is 10.1. The van der Waals surface area contributed by atoms with Gasteiger partial charge >= 0.3 is 6.18 Å². The fraction of sp³-hybridized carbons (Fsp3) is 0.562. The minimum Gasteiger partial charge on any atom is -0.357 e. The van der Waals surface area contributed by atoms with Crippen LogP contribution in [0, 0.1) is 5.82 Å². The lowest BCUT2D eigenvalue weighted by molar-refractivity contribution is -0.143. The lowest BCUT2D eigenvalue weighted by Crippen LogP contribution is -2.39. The van der Waals surface area contributed by atoms with Gasteiger partial charge in [-0.3, -0.25) is 4.90 Å². The van der Waals surface area contributed by atoms with E-state index in [1.54, 1.807) is 12.1 Å². The second-order valence-corrected chi connectivity index (χ2v) is 5.46. The summed E-state index contributed by atoms with van der Waals surface area (Å²) in [4.78, 5) is 5.57. The predicted octanol–water partition coefficient (Wildman–Crippen LogP) is 2.77. The smallest absolute Gasteiger partial charge is 0.357 e. The molecule has 0 spiro atoms. The van der Waals surface area contributed by atoms with Crippen molar-refractivity contribution in [3.63, 3.8) is 0 Å². The molecule has 0 fully saturated rings. The molecule has 8 heteroatoms. The molecule has 4 nitrogen and oxygen atoms in total. The van der Waals surface area contributed by atoms with E-state index in [1.165, 1.54) is 24.1 Å². The van der Waals surface area contributed by atoms with Gasteiger partial charge in [-0.1, -0.05) is 12.1 Å². The minimum absolute atomic E-state index is 0.312. The molecule has 0 bridgehead atoms.